The number of carbonyl (C=O) groups is 1. The van der Waals surface area contributed by atoms with Crippen molar-refractivity contribution in [2.45, 2.75) is 31.5 Å². The Morgan fingerprint density at radius 1 is 1.42 bits per heavy atom. The molecule has 1 aromatic heterocycles. The maximum absolute atomic E-state index is 13.0. The first kappa shape index (κ1) is 16.6. The number of rotatable bonds is 4. The number of aromatic amines is 1. The summed E-state index contributed by atoms with van der Waals surface area (Å²) in [5.41, 5.74) is 2.55. The van der Waals surface area contributed by atoms with Crippen molar-refractivity contribution < 1.29 is 9.53 Å². The van der Waals surface area contributed by atoms with Crippen molar-refractivity contribution in [2.75, 3.05) is 17.8 Å². The highest BCUT2D eigenvalue weighted by Gasteiger charge is 2.37. The van der Waals surface area contributed by atoms with Crippen LogP contribution in [-0.2, 0) is 4.79 Å². The van der Waals surface area contributed by atoms with Crippen LogP contribution in [0, 0.1) is 0 Å². The van der Waals surface area contributed by atoms with Gasteiger partial charge in [-0.15, -0.1) is 0 Å². The number of thioether (sulfide) groups is 1. The van der Waals surface area contributed by atoms with Crippen LogP contribution in [-0.4, -0.2) is 39.5 Å². The number of nitrogens with one attached hydrogen (secondary N) is 1. The topological polar surface area (TPSA) is 71.1 Å². The Balaban J connectivity index is 1.98. The Hall–Kier alpha value is -2.28. The monoisotopic (exact) mass is 344 g/mol. The van der Waals surface area contributed by atoms with E-state index in [9.17, 15) is 4.79 Å². The van der Waals surface area contributed by atoms with Gasteiger partial charge < -0.3 is 4.74 Å². The zero-order valence-electron chi connectivity index (χ0n) is 14.2. The Morgan fingerprint density at radius 2 is 2.21 bits per heavy atom. The quantitative estimate of drug-likeness (QED) is 0.863. The predicted molar refractivity (Wildman–Crippen MR) is 95.3 cm³/mol. The van der Waals surface area contributed by atoms with Crippen molar-refractivity contribution in [1.82, 2.24) is 15.2 Å². The minimum absolute atomic E-state index is 0.00380. The zero-order valence-corrected chi connectivity index (χ0v) is 15.0. The van der Waals surface area contributed by atoms with Crippen molar-refractivity contribution >= 4 is 28.9 Å². The lowest BCUT2D eigenvalue weighted by atomic mass is 9.88. The molecule has 1 N–H and O–H groups in total. The number of fused-ring (bicyclic) bond motifs is 1. The first-order valence-corrected chi connectivity index (χ1v) is 8.60. The maximum atomic E-state index is 13.0. The zero-order chi connectivity index (χ0) is 17.3. The molecular formula is C17H20N4O2S. The number of anilines is 1. The average molecular weight is 344 g/mol. The van der Waals surface area contributed by atoms with E-state index in [-0.39, 0.29) is 11.7 Å². The average Bonchev–Trinajstić information content (AvgIpc) is 3.05. The minimum atomic E-state index is -0.440. The molecule has 2 aromatic rings. The van der Waals surface area contributed by atoms with Crippen molar-refractivity contribution in [3.63, 3.8) is 0 Å². The lowest BCUT2D eigenvalue weighted by molar-refractivity contribution is -0.116. The van der Waals surface area contributed by atoms with Crippen LogP contribution in [0.2, 0.25) is 0 Å². The molecule has 0 spiro atoms. The highest BCUT2D eigenvalue weighted by Crippen LogP contribution is 2.44. The second kappa shape index (κ2) is 6.32. The minimum Gasteiger partial charge on any atom is -0.495 e. The van der Waals surface area contributed by atoms with E-state index in [1.807, 2.05) is 36.9 Å². The van der Waals surface area contributed by atoms with Crippen LogP contribution >= 0.6 is 11.8 Å². The Kier molecular flexibility index (Phi) is 4.36. The molecule has 0 unspecified atom stereocenters. The number of amides is 1. The molecule has 0 saturated carbocycles. The van der Waals surface area contributed by atoms with Crippen LogP contribution in [0.3, 0.4) is 0 Å². The van der Waals surface area contributed by atoms with Crippen molar-refractivity contribution in [2.24, 2.45) is 0 Å². The lowest BCUT2D eigenvalue weighted by Crippen LogP contribution is -2.49. The number of para-hydroxylation sites is 1. The smallest absolute Gasteiger partial charge is 0.238 e. The predicted octanol–water partition coefficient (Wildman–Crippen LogP) is 3.13. The number of hydrogen-bond acceptors (Lipinski definition) is 5. The molecule has 24 heavy (non-hydrogen) atoms. The van der Waals surface area contributed by atoms with Gasteiger partial charge in [-0.05, 0) is 32.4 Å². The molecule has 3 rings (SSSR count). The number of nitrogens with zero attached hydrogens (tertiary/aromatic N) is 3. The second-order valence-electron chi connectivity index (χ2n) is 6.15. The SMILES string of the molecule is COc1cccc2c1N(C(=O)CSc1ncn[nH]1)C(C)(C)C=C2C. The first-order chi connectivity index (χ1) is 11.4. The fraction of sp³-hybridized carbons (Fsp3) is 0.353. The van der Waals surface area contributed by atoms with E-state index in [0.717, 1.165) is 16.8 Å². The summed E-state index contributed by atoms with van der Waals surface area (Å²) in [5.74, 6) is 0.963. The van der Waals surface area contributed by atoms with Gasteiger partial charge in [-0.2, -0.15) is 5.10 Å². The van der Waals surface area contributed by atoms with Gasteiger partial charge in [0.1, 0.15) is 12.1 Å². The summed E-state index contributed by atoms with van der Waals surface area (Å²) in [7, 11) is 1.63. The molecule has 126 valence electrons. The van der Waals surface area contributed by atoms with E-state index < -0.39 is 5.54 Å². The molecule has 6 nitrogen and oxygen atoms in total. The fourth-order valence-corrected chi connectivity index (χ4v) is 3.73. The molecule has 7 heteroatoms. The van der Waals surface area contributed by atoms with E-state index in [0.29, 0.717) is 10.9 Å². The fourth-order valence-electron chi connectivity index (χ4n) is 3.10. The molecule has 0 saturated heterocycles. The van der Waals surface area contributed by atoms with Gasteiger partial charge in [0.15, 0.2) is 5.16 Å². The van der Waals surface area contributed by atoms with Crippen LogP contribution in [0.5, 0.6) is 5.75 Å². The molecular weight excluding hydrogens is 324 g/mol. The van der Waals surface area contributed by atoms with Crippen molar-refractivity contribution in [1.29, 1.82) is 0 Å². The van der Waals surface area contributed by atoms with E-state index in [4.69, 9.17) is 4.74 Å². The van der Waals surface area contributed by atoms with Gasteiger partial charge in [0, 0.05) is 5.56 Å². The third-order valence-corrected chi connectivity index (χ3v) is 4.85. The van der Waals surface area contributed by atoms with Crippen LogP contribution < -0.4 is 9.64 Å². The van der Waals surface area contributed by atoms with Crippen LogP contribution in [0.15, 0.2) is 35.8 Å². The number of hydrogen-bond donors (Lipinski definition) is 1. The van der Waals surface area contributed by atoms with Crippen molar-refractivity contribution in [3.8, 4) is 5.75 Å². The van der Waals surface area contributed by atoms with E-state index in [1.165, 1.54) is 18.1 Å². The number of carbonyl (C=O) groups excluding carboxylic acids is 1. The maximum Gasteiger partial charge on any atom is 0.238 e. The number of aromatic nitrogens is 3. The van der Waals surface area contributed by atoms with E-state index >= 15 is 0 Å². The van der Waals surface area contributed by atoms with E-state index in [1.54, 1.807) is 7.11 Å². The highest BCUT2D eigenvalue weighted by molar-refractivity contribution is 7.99. The second-order valence-corrected chi connectivity index (χ2v) is 7.11. The van der Waals surface area contributed by atoms with Crippen molar-refractivity contribution in [3.05, 3.63) is 36.2 Å². The number of benzene rings is 1. The largest absolute Gasteiger partial charge is 0.495 e. The highest BCUT2D eigenvalue weighted by atomic mass is 32.2. The summed E-state index contributed by atoms with van der Waals surface area (Å²) in [5, 5.41) is 7.19. The van der Waals surface area contributed by atoms with Gasteiger partial charge in [0.25, 0.3) is 0 Å². The summed E-state index contributed by atoms with van der Waals surface area (Å²) in [6.07, 6.45) is 3.55. The standard InChI is InChI=1S/C17H20N4O2S/c1-11-8-17(2,3)21(14(22)9-24-16-18-10-19-20-16)15-12(11)6-5-7-13(15)23-4/h5-8,10H,9H2,1-4H3,(H,18,19,20). The number of ether oxygens (including phenoxy) is 1. The summed E-state index contributed by atoms with van der Waals surface area (Å²) < 4.78 is 5.53. The summed E-state index contributed by atoms with van der Waals surface area (Å²) >= 11 is 1.34. The Bertz CT molecular complexity index is 784. The van der Waals surface area contributed by atoms with Gasteiger partial charge in [-0.3, -0.25) is 14.8 Å². The molecule has 0 aliphatic carbocycles. The number of allylic oxidation sites excluding steroid dienone is 1. The first-order valence-electron chi connectivity index (χ1n) is 7.62. The van der Waals surface area contributed by atoms with Gasteiger partial charge >= 0.3 is 0 Å². The normalized spacial score (nSPS) is 15.7. The molecule has 1 aliphatic rings. The van der Waals surface area contributed by atoms with Crippen LogP contribution in [0.4, 0.5) is 5.69 Å². The third kappa shape index (κ3) is 2.91. The third-order valence-electron chi connectivity index (χ3n) is 3.99. The Morgan fingerprint density at radius 3 is 2.88 bits per heavy atom. The molecule has 1 amide bonds. The van der Waals surface area contributed by atoms with Crippen LogP contribution in [0.1, 0.15) is 26.3 Å². The van der Waals surface area contributed by atoms with Gasteiger partial charge in [-0.25, -0.2) is 4.98 Å². The lowest BCUT2D eigenvalue weighted by Gasteiger charge is -2.42. The van der Waals surface area contributed by atoms with Gasteiger partial charge in [-0.1, -0.05) is 30.0 Å². The van der Waals surface area contributed by atoms with Gasteiger partial charge in [0.2, 0.25) is 5.91 Å². The number of H-pyrrole nitrogens is 1. The van der Waals surface area contributed by atoms with E-state index in [2.05, 4.69) is 28.2 Å². The summed E-state index contributed by atoms with van der Waals surface area (Å²) in [6.45, 7) is 6.12. The molecule has 0 atom stereocenters. The number of methoxy groups -OCH3 is 1. The summed E-state index contributed by atoms with van der Waals surface area (Å²) in [4.78, 5) is 18.9. The molecule has 2 heterocycles. The molecule has 0 radical (unpaired) electrons. The molecule has 1 aromatic carbocycles. The molecule has 0 bridgehead atoms. The van der Waals surface area contributed by atoms with Gasteiger partial charge in [0.05, 0.1) is 24.1 Å². The Labute approximate surface area is 145 Å². The van der Waals surface area contributed by atoms with Crippen LogP contribution in [0.25, 0.3) is 5.57 Å². The molecule has 0 fully saturated rings. The molecule has 1 aliphatic heterocycles. The summed E-state index contributed by atoms with van der Waals surface area (Å²) in [6, 6.07) is 5.85.